The molecule has 0 heterocycles. The highest BCUT2D eigenvalue weighted by molar-refractivity contribution is 5.11. The van der Waals surface area contributed by atoms with Crippen molar-refractivity contribution in [1.82, 2.24) is 5.32 Å². The minimum Gasteiger partial charge on any atom is -0.313 e. The minimum atomic E-state index is 0.656. The second-order valence-corrected chi connectivity index (χ2v) is 4.01. The Morgan fingerprint density at radius 2 is 2.23 bits per heavy atom. The lowest BCUT2D eigenvalue weighted by Gasteiger charge is -2.18. The number of nitrogens with one attached hydrogen (secondary N) is 1. The standard InChI is InChI=1S/C12H23N/c1-3-8-12(13-2)11-9-6-4-5-7-10-11/h9,12-13H,3-8,10H2,1-2H3. The topological polar surface area (TPSA) is 12.0 Å². The lowest BCUT2D eigenvalue weighted by atomic mass is 9.98. The predicted molar refractivity (Wildman–Crippen MR) is 58.9 cm³/mol. The molecule has 0 radical (unpaired) electrons. The normalized spacial score (nSPS) is 20.6. The van der Waals surface area contributed by atoms with Gasteiger partial charge in [0.15, 0.2) is 0 Å². The summed E-state index contributed by atoms with van der Waals surface area (Å²) in [5.41, 5.74) is 1.67. The maximum atomic E-state index is 3.43. The fourth-order valence-corrected chi connectivity index (χ4v) is 2.16. The Labute approximate surface area is 82.6 Å². The van der Waals surface area contributed by atoms with E-state index in [-0.39, 0.29) is 0 Å². The number of hydrogen-bond donors (Lipinski definition) is 1. The first-order valence-electron chi connectivity index (χ1n) is 5.74. The van der Waals surface area contributed by atoms with Crippen LogP contribution in [0.3, 0.4) is 0 Å². The first-order chi connectivity index (χ1) is 6.38. The fraction of sp³-hybridized carbons (Fsp3) is 0.833. The van der Waals surface area contributed by atoms with Crippen molar-refractivity contribution in [1.29, 1.82) is 0 Å². The van der Waals surface area contributed by atoms with E-state index < -0.39 is 0 Å². The van der Waals surface area contributed by atoms with Crippen LogP contribution in [0.15, 0.2) is 11.6 Å². The summed E-state index contributed by atoms with van der Waals surface area (Å²) in [5, 5.41) is 3.43. The smallest absolute Gasteiger partial charge is 0.0276 e. The SMILES string of the molecule is CCCC(NC)C1=CCCCCC1. The molecule has 1 unspecified atom stereocenters. The molecule has 0 aromatic heterocycles. The van der Waals surface area contributed by atoms with Gasteiger partial charge in [0.05, 0.1) is 0 Å². The molecule has 1 N–H and O–H groups in total. The molecule has 0 amide bonds. The highest BCUT2D eigenvalue weighted by atomic mass is 14.9. The quantitative estimate of drug-likeness (QED) is 0.656. The van der Waals surface area contributed by atoms with Crippen molar-refractivity contribution < 1.29 is 0 Å². The van der Waals surface area contributed by atoms with E-state index in [0.717, 1.165) is 0 Å². The van der Waals surface area contributed by atoms with Gasteiger partial charge in [-0.2, -0.15) is 0 Å². The maximum absolute atomic E-state index is 3.43. The van der Waals surface area contributed by atoms with Gasteiger partial charge in [0.1, 0.15) is 0 Å². The molecule has 0 aromatic carbocycles. The van der Waals surface area contributed by atoms with Gasteiger partial charge in [-0.25, -0.2) is 0 Å². The average Bonchev–Trinajstić information content (AvgIpc) is 2.42. The molecule has 1 heteroatoms. The van der Waals surface area contributed by atoms with Crippen LogP contribution in [0.5, 0.6) is 0 Å². The molecule has 0 saturated carbocycles. The van der Waals surface area contributed by atoms with E-state index in [9.17, 15) is 0 Å². The maximum Gasteiger partial charge on any atom is 0.0276 e. The van der Waals surface area contributed by atoms with Crippen LogP contribution in [0.1, 0.15) is 51.9 Å². The molecule has 0 spiro atoms. The second-order valence-electron chi connectivity index (χ2n) is 4.01. The minimum absolute atomic E-state index is 0.656. The van der Waals surface area contributed by atoms with E-state index in [0.29, 0.717) is 6.04 Å². The number of allylic oxidation sites excluding steroid dienone is 1. The molecular weight excluding hydrogens is 158 g/mol. The zero-order chi connectivity index (χ0) is 9.52. The van der Waals surface area contributed by atoms with Crippen LogP contribution in [0.25, 0.3) is 0 Å². The van der Waals surface area contributed by atoms with Gasteiger partial charge in [-0.1, -0.05) is 31.4 Å². The second kappa shape index (κ2) is 6.20. The molecule has 1 rings (SSSR count). The van der Waals surface area contributed by atoms with Gasteiger partial charge in [-0.05, 0) is 39.2 Å². The molecule has 0 aromatic rings. The van der Waals surface area contributed by atoms with Crippen LogP contribution in [0.4, 0.5) is 0 Å². The van der Waals surface area contributed by atoms with Crippen LogP contribution in [0, 0.1) is 0 Å². The Kier molecular flexibility index (Phi) is 5.14. The predicted octanol–water partition coefficient (Wildman–Crippen LogP) is 3.27. The van der Waals surface area contributed by atoms with Crippen molar-refractivity contribution in [3.63, 3.8) is 0 Å². The summed E-state index contributed by atoms with van der Waals surface area (Å²) < 4.78 is 0. The highest BCUT2D eigenvalue weighted by Gasteiger charge is 2.12. The molecule has 1 nitrogen and oxygen atoms in total. The van der Waals surface area contributed by atoms with Gasteiger partial charge in [0.2, 0.25) is 0 Å². The Bertz CT molecular complexity index is 161. The fourth-order valence-electron chi connectivity index (χ4n) is 2.16. The molecule has 76 valence electrons. The van der Waals surface area contributed by atoms with Crippen LogP contribution in [-0.2, 0) is 0 Å². The third-order valence-electron chi connectivity index (χ3n) is 2.95. The summed E-state index contributed by atoms with van der Waals surface area (Å²) in [4.78, 5) is 0. The molecule has 1 aliphatic rings. The third-order valence-corrected chi connectivity index (χ3v) is 2.95. The molecule has 1 aliphatic carbocycles. The molecule has 0 bridgehead atoms. The van der Waals surface area contributed by atoms with Gasteiger partial charge >= 0.3 is 0 Å². The third kappa shape index (κ3) is 3.51. The van der Waals surface area contributed by atoms with Gasteiger partial charge in [0, 0.05) is 6.04 Å². The van der Waals surface area contributed by atoms with Gasteiger partial charge in [-0.3, -0.25) is 0 Å². The molecule has 0 aliphatic heterocycles. The summed E-state index contributed by atoms with van der Waals surface area (Å²) >= 11 is 0. The lowest BCUT2D eigenvalue weighted by Crippen LogP contribution is -2.27. The number of rotatable bonds is 4. The Morgan fingerprint density at radius 3 is 2.92 bits per heavy atom. The summed E-state index contributed by atoms with van der Waals surface area (Å²) in [6.45, 7) is 2.27. The van der Waals surface area contributed by atoms with Crippen molar-refractivity contribution in [3.05, 3.63) is 11.6 Å². The van der Waals surface area contributed by atoms with E-state index >= 15 is 0 Å². The van der Waals surface area contributed by atoms with E-state index in [4.69, 9.17) is 0 Å². The van der Waals surface area contributed by atoms with Gasteiger partial charge in [0.25, 0.3) is 0 Å². The average molecular weight is 181 g/mol. The molecule has 1 atom stereocenters. The summed E-state index contributed by atoms with van der Waals surface area (Å²) in [6, 6.07) is 0.656. The van der Waals surface area contributed by atoms with Crippen LogP contribution in [0.2, 0.25) is 0 Å². The van der Waals surface area contributed by atoms with Crippen molar-refractivity contribution >= 4 is 0 Å². The Balaban J connectivity index is 2.49. The van der Waals surface area contributed by atoms with E-state index in [1.165, 1.54) is 44.9 Å². The van der Waals surface area contributed by atoms with Crippen LogP contribution < -0.4 is 5.32 Å². The van der Waals surface area contributed by atoms with Crippen molar-refractivity contribution in [2.45, 2.75) is 57.9 Å². The van der Waals surface area contributed by atoms with Crippen LogP contribution in [-0.4, -0.2) is 13.1 Å². The first kappa shape index (κ1) is 10.8. The van der Waals surface area contributed by atoms with Crippen molar-refractivity contribution in [2.75, 3.05) is 7.05 Å². The number of hydrogen-bond acceptors (Lipinski definition) is 1. The monoisotopic (exact) mass is 181 g/mol. The first-order valence-corrected chi connectivity index (χ1v) is 5.74. The highest BCUT2D eigenvalue weighted by Crippen LogP contribution is 2.21. The summed E-state index contributed by atoms with van der Waals surface area (Å²) in [5.74, 6) is 0. The number of likely N-dealkylation sites (N-methyl/N-ethyl adjacent to an activating group) is 1. The largest absolute Gasteiger partial charge is 0.313 e. The molecule has 13 heavy (non-hydrogen) atoms. The Morgan fingerprint density at radius 1 is 1.38 bits per heavy atom. The Hall–Kier alpha value is -0.300. The van der Waals surface area contributed by atoms with E-state index in [1.54, 1.807) is 5.57 Å². The van der Waals surface area contributed by atoms with Gasteiger partial charge in [-0.15, -0.1) is 0 Å². The van der Waals surface area contributed by atoms with Crippen molar-refractivity contribution in [3.8, 4) is 0 Å². The van der Waals surface area contributed by atoms with E-state index in [2.05, 4.69) is 25.4 Å². The molecular formula is C12H23N. The zero-order valence-corrected chi connectivity index (χ0v) is 9.10. The summed E-state index contributed by atoms with van der Waals surface area (Å²) in [7, 11) is 2.09. The summed E-state index contributed by atoms with van der Waals surface area (Å²) in [6.07, 6.45) is 11.9. The van der Waals surface area contributed by atoms with Crippen molar-refractivity contribution in [2.24, 2.45) is 0 Å². The molecule has 0 saturated heterocycles. The van der Waals surface area contributed by atoms with Gasteiger partial charge < -0.3 is 5.32 Å². The zero-order valence-electron chi connectivity index (χ0n) is 9.10. The van der Waals surface area contributed by atoms with Crippen LogP contribution >= 0.6 is 0 Å². The molecule has 0 fully saturated rings. The van der Waals surface area contributed by atoms with E-state index in [1.807, 2.05) is 0 Å². The lowest BCUT2D eigenvalue weighted by molar-refractivity contribution is 0.555.